The second kappa shape index (κ2) is 9.50. The number of amides is 1. The van der Waals surface area contributed by atoms with Gasteiger partial charge in [-0.05, 0) is 36.8 Å². The summed E-state index contributed by atoms with van der Waals surface area (Å²) in [6.45, 7) is 5.42. The van der Waals surface area contributed by atoms with Crippen LogP contribution in [-0.2, 0) is 13.0 Å². The zero-order chi connectivity index (χ0) is 20.0. The van der Waals surface area contributed by atoms with Crippen molar-refractivity contribution in [2.45, 2.75) is 38.4 Å². The van der Waals surface area contributed by atoms with Crippen LogP contribution in [0.4, 0.5) is 4.39 Å². The molecule has 0 aliphatic carbocycles. The van der Waals surface area contributed by atoms with Crippen LogP contribution in [0.5, 0.6) is 0 Å². The number of carboxylic acid groups (broad SMARTS) is 1. The molecule has 1 aromatic heterocycles. The second-order valence-electron chi connectivity index (χ2n) is 6.47. The Bertz CT molecular complexity index is 823. The number of hydrogen-bond donors (Lipinski definition) is 2. The Labute approximate surface area is 161 Å². The third kappa shape index (κ3) is 5.53. The molecule has 0 saturated carbocycles. The van der Waals surface area contributed by atoms with E-state index in [0.29, 0.717) is 25.3 Å². The number of carboxylic acids is 1. The molecule has 0 bridgehead atoms. The molecule has 0 atom stereocenters. The Morgan fingerprint density at radius 1 is 1.33 bits per heavy atom. The van der Waals surface area contributed by atoms with E-state index < -0.39 is 17.7 Å². The fraction of sp³-hybridized carbons (Fsp3) is 0.444. The molecule has 146 valence electrons. The Balaban J connectivity index is 1.91. The summed E-state index contributed by atoms with van der Waals surface area (Å²) in [5.41, 5.74) is -0.370. The molecule has 7 nitrogen and oxygen atoms in total. The highest BCUT2D eigenvalue weighted by Gasteiger charge is 2.15. The number of aromatic carboxylic acids is 1. The molecular weight excluding hydrogens is 371 g/mol. The Morgan fingerprint density at radius 3 is 2.67 bits per heavy atom. The van der Waals surface area contributed by atoms with Gasteiger partial charge >= 0.3 is 5.97 Å². The summed E-state index contributed by atoms with van der Waals surface area (Å²) >= 11 is 1.54. The van der Waals surface area contributed by atoms with Gasteiger partial charge in [-0.15, -0.1) is 10.2 Å². The van der Waals surface area contributed by atoms with Crippen molar-refractivity contribution in [3.8, 4) is 0 Å². The lowest BCUT2D eigenvalue weighted by Gasteiger charge is -2.12. The molecule has 0 saturated heterocycles. The highest BCUT2D eigenvalue weighted by Crippen LogP contribution is 2.17. The number of aryl methyl sites for hydroxylation is 1. The van der Waals surface area contributed by atoms with Crippen LogP contribution in [0.3, 0.4) is 0 Å². The minimum atomic E-state index is -1.24. The molecule has 0 aliphatic rings. The molecule has 1 heterocycles. The third-order valence-electron chi connectivity index (χ3n) is 3.85. The summed E-state index contributed by atoms with van der Waals surface area (Å²) in [6.07, 6.45) is 3.22. The number of carbonyl (C=O) groups excluding carboxylic acids is 1. The van der Waals surface area contributed by atoms with Crippen molar-refractivity contribution in [3.05, 3.63) is 41.0 Å². The summed E-state index contributed by atoms with van der Waals surface area (Å²) in [7, 11) is 0. The number of halogens is 1. The van der Waals surface area contributed by atoms with Gasteiger partial charge in [0.2, 0.25) is 0 Å². The Hall–Kier alpha value is -2.42. The Kier molecular flexibility index (Phi) is 7.35. The molecule has 27 heavy (non-hydrogen) atoms. The summed E-state index contributed by atoms with van der Waals surface area (Å²) < 4.78 is 16.0. The summed E-state index contributed by atoms with van der Waals surface area (Å²) in [4.78, 5) is 22.9. The quantitative estimate of drug-likeness (QED) is 0.501. The van der Waals surface area contributed by atoms with Gasteiger partial charge < -0.3 is 15.0 Å². The summed E-state index contributed by atoms with van der Waals surface area (Å²) in [5.74, 6) is -1.34. The van der Waals surface area contributed by atoms with Gasteiger partial charge in [-0.25, -0.2) is 9.18 Å². The molecule has 1 amide bonds. The molecule has 2 N–H and O–H groups in total. The van der Waals surface area contributed by atoms with E-state index in [1.54, 1.807) is 11.8 Å². The molecule has 2 rings (SSSR count). The van der Waals surface area contributed by atoms with E-state index in [4.69, 9.17) is 5.11 Å². The van der Waals surface area contributed by atoms with E-state index in [0.717, 1.165) is 23.6 Å². The smallest absolute Gasteiger partial charge is 0.335 e. The normalized spacial score (nSPS) is 11.0. The van der Waals surface area contributed by atoms with Crippen LogP contribution in [-0.4, -0.2) is 44.5 Å². The predicted molar refractivity (Wildman–Crippen MR) is 101 cm³/mol. The minimum Gasteiger partial charge on any atom is -0.478 e. The average molecular weight is 394 g/mol. The van der Waals surface area contributed by atoms with Crippen LogP contribution in [0.25, 0.3) is 0 Å². The first-order valence-corrected chi connectivity index (χ1v) is 9.83. The molecule has 2 aromatic rings. The van der Waals surface area contributed by atoms with Crippen molar-refractivity contribution in [2.24, 2.45) is 5.92 Å². The minimum absolute atomic E-state index is 0.173. The average Bonchev–Trinajstić information content (AvgIpc) is 2.99. The molecule has 0 spiro atoms. The standard InChI is InChI=1S/C18H23FN4O3S/c1-11(2)10-23-15(21-22-18(23)27-3)5-4-8-20-16(24)13-7-6-12(17(25)26)9-14(13)19/h6-7,9,11H,4-5,8,10H2,1-3H3,(H,20,24)(H,25,26). The van der Waals surface area contributed by atoms with Crippen molar-refractivity contribution >= 4 is 23.6 Å². The highest BCUT2D eigenvalue weighted by atomic mass is 32.2. The van der Waals surface area contributed by atoms with Gasteiger partial charge in [0.1, 0.15) is 11.6 Å². The lowest BCUT2D eigenvalue weighted by Crippen LogP contribution is -2.26. The Morgan fingerprint density at radius 2 is 2.07 bits per heavy atom. The fourth-order valence-corrected chi connectivity index (χ4v) is 3.10. The zero-order valence-electron chi connectivity index (χ0n) is 15.5. The van der Waals surface area contributed by atoms with Crippen LogP contribution < -0.4 is 5.32 Å². The van der Waals surface area contributed by atoms with Crippen molar-refractivity contribution in [1.82, 2.24) is 20.1 Å². The SMILES string of the molecule is CSc1nnc(CCCNC(=O)c2ccc(C(=O)O)cc2F)n1CC(C)C. The molecule has 0 fully saturated rings. The molecule has 0 unspecified atom stereocenters. The maximum atomic E-state index is 13.9. The summed E-state index contributed by atoms with van der Waals surface area (Å²) in [5, 5.41) is 20.7. The largest absolute Gasteiger partial charge is 0.478 e. The van der Waals surface area contributed by atoms with Crippen LogP contribution in [0.1, 0.15) is 46.8 Å². The topological polar surface area (TPSA) is 97.1 Å². The lowest BCUT2D eigenvalue weighted by atomic mass is 10.1. The number of nitrogens with zero attached hydrogens (tertiary/aromatic N) is 3. The van der Waals surface area contributed by atoms with Crippen LogP contribution in [0.2, 0.25) is 0 Å². The van der Waals surface area contributed by atoms with E-state index in [9.17, 15) is 14.0 Å². The lowest BCUT2D eigenvalue weighted by molar-refractivity contribution is 0.0695. The number of rotatable bonds is 9. The van der Waals surface area contributed by atoms with E-state index >= 15 is 0 Å². The van der Waals surface area contributed by atoms with Gasteiger partial charge in [0.15, 0.2) is 5.16 Å². The van der Waals surface area contributed by atoms with Gasteiger partial charge in [0.05, 0.1) is 11.1 Å². The van der Waals surface area contributed by atoms with Crippen LogP contribution in [0, 0.1) is 11.7 Å². The van der Waals surface area contributed by atoms with Gasteiger partial charge in [0, 0.05) is 19.5 Å². The first-order valence-electron chi connectivity index (χ1n) is 8.60. The van der Waals surface area contributed by atoms with Crippen molar-refractivity contribution < 1.29 is 19.1 Å². The first kappa shape index (κ1) is 20.9. The van der Waals surface area contributed by atoms with E-state index in [2.05, 4.69) is 33.9 Å². The number of thioether (sulfide) groups is 1. The number of benzene rings is 1. The second-order valence-corrected chi connectivity index (χ2v) is 7.24. The van der Waals surface area contributed by atoms with Gasteiger partial charge in [0.25, 0.3) is 5.91 Å². The zero-order valence-corrected chi connectivity index (χ0v) is 16.3. The number of nitrogens with one attached hydrogen (secondary N) is 1. The maximum Gasteiger partial charge on any atom is 0.335 e. The predicted octanol–water partition coefficient (Wildman–Crippen LogP) is 2.86. The van der Waals surface area contributed by atoms with Gasteiger partial charge in [-0.1, -0.05) is 25.6 Å². The van der Waals surface area contributed by atoms with Gasteiger partial charge in [-0.2, -0.15) is 0 Å². The number of hydrogen-bond acceptors (Lipinski definition) is 5. The van der Waals surface area contributed by atoms with Gasteiger partial charge in [-0.3, -0.25) is 4.79 Å². The number of aromatic nitrogens is 3. The first-order chi connectivity index (χ1) is 12.8. The molecule has 1 aromatic carbocycles. The summed E-state index contributed by atoms with van der Waals surface area (Å²) in [6, 6.07) is 3.23. The molecular formula is C18H23FN4O3S. The monoisotopic (exact) mass is 394 g/mol. The van der Waals surface area contributed by atoms with E-state index in [-0.39, 0.29) is 11.1 Å². The molecule has 0 aliphatic heterocycles. The van der Waals surface area contributed by atoms with Crippen LogP contribution in [0.15, 0.2) is 23.4 Å². The highest BCUT2D eigenvalue weighted by molar-refractivity contribution is 7.98. The van der Waals surface area contributed by atoms with Crippen molar-refractivity contribution in [3.63, 3.8) is 0 Å². The molecule has 9 heteroatoms. The number of carbonyl (C=O) groups is 2. The van der Waals surface area contributed by atoms with E-state index in [1.165, 1.54) is 12.1 Å². The van der Waals surface area contributed by atoms with Crippen LogP contribution >= 0.6 is 11.8 Å². The fourth-order valence-electron chi connectivity index (χ4n) is 2.58. The third-order valence-corrected chi connectivity index (χ3v) is 4.51. The maximum absolute atomic E-state index is 13.9. The van der Waals surface area contributed by atoms with E-state index in [1.807, 2.05) is 6.26 Å². The van der Waals surface area contributed by atoms with Crippen molar-refractivity contribution in [2.75, 3.05) is 12.8 Å². The van der Waals surface area contributed by atoms with Crippen molar-refractivity contribution in [1.29, 1.82) is 0 Å². The molecule has 0 radical (unpaired) electrons.